The van der Waals surface area contributed by atoms with Gasteiger partial charge in [0, 0.05) is 24.4 Å². The average Bonchev–Trinajstić information content (AvgIpc) is 2.91. The molecule has 9 heteroatoms. The van der Waals surface area contributed by atoms with Crippen molar-refractivity contribution in [2.24, 2.45) is 7.05 Å². The summed E-state index contributed by atoms with van der Waals surface area (Å²) in [6.07, 6.45) is 0.958. The van der Waals surface area contributed by atoms with Crippen molar-refractivity contribution in [2.75, 3.05) is 16.6 Å². The minimum absolute atomic E-state index is 0.210. The molecule has 2 heterocycles. The Hall–Kier alpha value is -1.51. The van der Waals surface area contributed by atoms with E-state index in [0.29, 0.717) is 21.4 Å². The highest BCUT2D eigenvalue weighted by Crippen LogP contribution is 2.41. The maximum Gasteiger partial charge on any atom is 0.251 e. The summed E-state index contributed by atoms with van der Waals surface area (Å²) in [5, 5.41) is -0.150. The Kier molecular flexibility index (Phi) is 5.37. The van der Waals surface area contributed by atoms with Gasteiger partial charge in [-0.1, -0.05) is 42.4 Å². The smallest absolute Gasteiger partial charge is 0.251 e. The van der Waals surface area contributed by atoms with Crippen LogP contribution in [0.4, 0.5) is 5.82 Å². The van der Waals surface area contributed by atoms with Crippen LogP contribution in [0.3, 0.4) is 0 Å². The summed E-state index contributed by atoms with van der Waals surface area (Å²) in [5.41, 5.74) is 0.743. The quantitative estimate of drug-likeness (QED) is 0.699. The number of halogens is 1. The van der Waals surface area contributed by atoms with Crippen molar-refractivity contribution in [3.8, 4) is 0 Å². The molecule has 1 aromatic heterocycles. The summed E-state index contributed by atoms with van der Waals surface area (Å²) in [4.78, 5) is 17.6. The zero-order chi connectivity index (χ0) is 19.1. The molecule has 6 nitrogen and oxygen atoms in total. The van der Waals surface area contributed by atoms with E-state index in [9.17, 15) is 13.2 Å². The van der Waals surface area contributed by atoms with Gasteiger partial charge < -0.3 is 4.57 Å². The molecule has 0 fully saturated rings. The van der Waals surface area contributed by atoms with Crippen LogP contribution < -0.4 is 4.31 Å². The van der Waals surface area contributed by atoms with Gasteiger partial charge in [-0.3, -0.25) is 9.10 Å². The SMILES string of the molecule is CCCSc1nc2c(n1C)C(=O)C(c1ccc(Cl)cc1)S(=O)(=O)N2CC. The largest absolute Gasteiger partial charge is 0.318 e. The number of anilines is 1. The fourth-order valence-corrected chi connectivity index (χ4v) is 5.85. The second-order valence-corrected chi connectivity index (χ2v) is 9.42. The number of imidazole rings is 1. The monoisotopic (exact) mass is 413 g/mol. The summed E-state index contributed by atoms with van der Waals surface area (Å²) >= 11 is 7.43. The molecule has 1 aromatic carbocycles. The first-order chi connectivity index (χ1) is 12.3. The van der Waals surface area contributed by atoms with Crippen molar-refractivity contribution in [1.29, 1.82) is 0 Å². The van der Waals surface area contributed by atoms with Crippen molar-refractivity contribution in [1.82, 2.24) is 9.55 Å². The topological polar surface area (TPSA) is 72.3 Å². The first kappa shape index (κ1) is 19.3. The fourth-order valence-electron chi connectivity index (χ4n) is 3.03. The lowest BCUT2D eigenvalue weighted by molar-refractivity contribution is 0.0976. The first-order valence-corrected chi connectivity index (χ1v) is 11.2. The molecule has 3 rings (SSSR count). The third-order valence-electron chi connectivity index (χ3n) is 4.24. The van der Waals surface area contributed by atoms with Crippen LogP contribution >= 0.6 is 23.4 Å². The van der Waals surface area contributed by atoms with E-state index in [1.165, 1.54) is 16.1 Å². The predicted molar refractivity (Wildman–Crippen MR) is 105 cm³/mol. The third kappa shape index (κ3) is 3.04. The Morgan fingerprint density at radius 3 is 2.46 bits per heavy atom. The number of carbonyl (C=O) groups excluding carboxylic acids is 1. The molecule has 1 aliphatic rings. The second kappa shape index (κ2) is 7.25. The van der Waals surface area contributed by atoms with Gasteiger partial charge in [-0.25, -0.2) is 13.4 Å². The molecule has 0 saturated carbocycles. The summed E-state index contributed by atoms with van der Waals surface area (Å²) in [5.74, 6) is 0.617. The van der Waals surface area contributed by atoms with Crippen LogP contribution in [0, 0.1) is 0 Å². The molecule has 1 aliphatic heterocycles. The summed E-state index contributed by atoms with van der Waals surface area (Å²) in [6, 6.07) is 6.36. The predicted octanol–water partition coefficient (Wildman–Crippen LogP) is 3.67. The van der Waals surface area contributed by atoms with E-state index in [4.69, 9.17) is 11.6 Å². The Morgan fingerprint density at radius 1 is 1.23 bits per heavy atom. The molecule has 0 bridgehead atoms. The minimum Gasteiger partial charge on any atom is -0.318 e. The summed E-state index contributed by atoms with van der Waals surface area (Å²) in [7, 11) is -2.15. The summed E-state index contributed by atoms with van der Waals surface area (Å²) in [6.45, 7) is 4.01. The number of Topliss-reactive ketones (excluding diaryl/α,β-unsaturated/α-hetero) is 1. The lowest BCUT2D eigenvalue weighted by Crippen LogP contribution is -2.43. The van der Waals surface area contributed by atoms with Crippen molar-refractivity contribution < 1.29 is 13.2 Å². The number of sulfonamides is 1. The standard InChI is InChI=1S/C17H20ClN3O3S2/c1-4-10-25-17-19-16-13(20(17)3)14(22)15(26(23,24)21(16)5-2)11-6-8-12(18)9-7-11/h6-9,15H,4-5,10H2,1-3H3. The van der Waals surface area contributed by atoms with Gasteiger partial charge in [0.1, 0.15) is 5.69 Å². The number of thioether (sulfide) groups is 1. The number of rotatable bonds is 5. The number of carbonyl (C=O) groups is 1. The molecule has 0 saturated heterocycles. The van der Waals surface area contributed by atoms with Crippen molar-refractivity contribution in [3.05, 3.63) is 40.5 Å². The Labute approximate surface area is 162 Å². The molecule has 1 atom stereocenters. The van der Waals surface area contributed by atoms with E-state index in [2.05, 4.69) is 11.9 Å². The third-order valence-corrected chi connectivity index (χ3v) is 7.86. The lowest BCUT2D eigenvalue weighted by atomic mass is 10.1. The zero-order valence-electron chi connectivity index (χ0n) is 14.8. The van der Waals surface area contributed by atoms with Crippen LogP contribution in [-0.2, 0) is 17.1 Å². The molecule has 0 radical (unpaired) electrons. The molecule has 0 aliphatic carbocycles. The molecular formula is C17H20ClN3O3S2. The van der Waals surface area contributed by atoms with Crippen molar-refractivity contribution >= 4 is 45.0 Å². The molecule has 0 N–H and O–H groups in total. The number of nitrogens with zero attached hydrogens (tertiary/aromatic N) is 3. The van der Waals surface area contributed by atoms with Crippen molar-refractivity contribution in [2.45, 2.75) is 30.7 Å². The Bertz CT molecular complexity index is 939. The number of benzene rings is 1. The van der Waals surface area contributed by atoms with E-state index in [-0.39, 0.29) is 12.4 Å². The van der Waals surface area contributed by atoms with Crippen molar-refractivity contribution in [3.63, 3.8) is 0 Å². The van der Waals surface area contributed by atoms with Gasteiger partial charge in [0.2, 0.25) is 5.78 Å². The van der Waals surface area contributed by atoms with Crippen LogP contribution in [0.1, 0.15) is 41.6 Å². The highest BCUT2D eigenvalue weighted by molar-refractivity contribution is 7.99. The van der Waals surface area contributed by atoms with Gasteiger partial charge in [-0.2, -0.15) is 0 Å². The maximum absolute atomic E-state index is 13.2. The molecule has 2 aromatic rings. The molecule has 0 amide bonds. The summed E-state index contributed by atoms with van der Waals surface area (Å²) < 4.78 is 29.2. The normalized spacial score (nSPS) is 18.8. The highest BCUT2D eigenvalue weighted by Gasteiger charge is 2.48. The van der Waals surface area contributed by atoms with Crippen LogP contribution in [-0.4, -0.2) is 36.0 Å². The van der Waals surface area contributed by atoms with E-state index in [1.807, 2.05) is 0 Å². The molecular weight excluding hydrogens is 394 g/mol. The van der Waals surface area contributed by atoms with Crippen LogP contribution in [0.25, 0.3) is 0 Å². The van der Waals surface area contributed by atoms with Gasteiger partial charge in [0.05, 0.1) is 0 Å². The molecule has 1 unspecified atom stereocenters. The number of hydrogen-bond acceptors (Lipinski definition) is 5. The minimum atomic E-state index is -3.91. The van der Waals surface area contributed by atoms with Gasteiger partial charge in [0.15, 0.2) is 16.2 Å². The van der Waals surface area contributed by atoms with E-state index in [1.54, 1.807) is 42.8 Å². The van der Waals surface area contributed by atoms with Crippen LogP contribution in [0.2, 0.25) is 5.02 Å². The number of ketones is 1. The van der Waals surface area contributed by atoms with Crippen LogP contribution in [0.5, 0.6) is 0 Å². The van der Waals surface area contributed by atoms with Gasteiger partial charge in [0.25, 0.3) is 10.0 Å². The van der Waals surface area contributed by atoms with E-state index in [0.717, 1.165) is 12.2 Å². The molecule has 26 heavy (non-hydrogen) atoms. The lowest BCUT2D eigenvalue weighted by Gasteiger charge is -2.31. The van der Waals surface area contributed by atoms with E-state index < -0.39 is 21.1 Å². The molecule has 0 spiro atoms. The number of fused-ring (bicyclic) bond motifs is 1. The van der Waals surface area contributed by atoms with Gasteiger partial charge in [-0.15, -0.1) is 0 Å². The fraction of sp³-hybridized carbons (Fsp3) is 0.412. The van der Waals surface area contributed by atoms with Crippen LogP contribution in [0.15, 0.2) is 29.4 Å². The average molecular weight is 414 g/mol. The second-order valence-electron chi connectivity index (χ2n) is 5.98. The first-order valence-electron chi connectivity index (χ1n) is 8.33. The zero-order valence-corrected chi connectivity index (χ0v) is 17.2. The Balaban J connectivity index is 2.18. The maximum atomic E-state index is 13.2. The van der Waals surface area contributed by atoms with Gasteiger partial charge in [-0.05, 0) is 31.0 Å². The molecule has 140 valence electrons. The highest BCUT2D eigenvalue weighted by atomic mass is 35.5. The number of aromatic nitrogens is 2. The van der Waals surface area contributed by atoms with E-state index >= 15 is 0 Å². The Morgan fingerprint density at radius 2 is 1.88 bits per heavy atom. The van der Waals surface area contributed by atoms with Gasteiger partial charge >= 0.3 is 0 Å². The number of hydrogen-bond donors (Lipinski definition) is 0.